The van der Waals surface area contributed by atoms with Crippen LogP contribution < -0.4 is 5.32 Å². The highest BCUT2D eigenvalue weighted by Crippen LogP contribution is 2.20. The van der Waals surface area contributed by atoms with Crippen LogP contribution in [0.1, 0.15) is 46.0 Å². The Morgan fingerprint density at radius 3 is 2.61 bits per heavy atom. The summed E-state index contributed by atoms with van der Waals surface area (Å²) in [5.74, 6) is 0.214. The predicted octanol–water partition coefficient (Wildman–Crippen LogP) is 1.92. The summed E-state index contributed by atoms with van der Waals surface area (Å²) in [6, 6.07) is 2.17. The number of hydrogen-bond acceptors (Lipinski definition) is 3. The third kappa shape index (κ3) is 5.50. The van der Waals surface area contributed by atoms with Crippen molar-refractivity contribution in [3.8, 4) is 6.07 Å². The minimum atomic E-state index is 0.0813. The van der Waals surface area contributed by atoms with Gasteiger partial charge in [-0.2, -0.15) is 5.26 Å². The molecule has 102 valence electrons. The molecule has 1 saturated heterocycles. The molecule has 0 aromatic carbocycles. The second kappa shape index (κ2) is 7.38. The molecule has 0 aromatic heterocycles. The number of likely N-dealkylation sites (tertiary alicyclic amines) is 1. The Morgan fingerprint density at radius 1 is 1.33 bits per heavy atom. The number of carbonyl (C=O) groups excluding carboxylic acids is 1. The molecule has 4 nitrogen and oxygen atoms in total. The Kier molecular flexibility index (Phi) is 6.14. The van der Waals surface area contributed by atoms with Crippen LogP contribution in [-0.4, -0.2) is 37.0 Å². The zero-order chi connectivity index (χ0) is 13.4. The molecule has 0 aliphatic carbocycles. The molecular formula is C14H25N3O. The SMILES string of the molecule is CC(C)(CCC#N)CNCC(=O)N1CCCCC1. The third-order valence-corrected chi connectivity index (χ3v) is 3.50. The second-order valence-electron chi connectivity index (χ2n) is 5.87. The monoisotopic (exact) mass is 251 g/mol. The summed E-state index contributed by atoms with van der Waals surface area (Å²) in [5, 5.41) is 11.8. The highest BCUT2D eigenvalue weighted by molar-refractivity contribution is 5.78. The number of piperidine rings is 1. The minimum absolute atomic E-state index is 0.0813. The van der Waals surface area contributed by atoms with E-state index in [0.29, 0.717) is 13.0 Å². The molecule has 1 aliphatic rings. The molecule has 0 spiro atoms. The van der Waals surface area contributed by atoms with Crippen LogP contribution in [0.25, 0.3) is 0 Å². The number of carbonyl (C=O) groups is 1. The first kappa shape index (κ1) is 15.0. The average molecular weight is 251 g/mol. The predicted molar refractivity (Wildman–Crippen MR) is 71.9 cm³/mol. The first-order valence-corrected chi connectivity index (χ1v) is 6.91. The van der Waals surface area contributed by atoms with Gasteiger partial charge in [0.25, 0.3) is 0 Å². The van der Waals surface area contributed by atoms with Crippen LogP contribution in [0.4, 0.5) is 0 Å². The van der Waals surface area contributed by atoms with E-state index in [-0.39, 0.29) is 11.3 Å². The van der Waals surface area contributed by atoms with Crippen molar-refractivity contribution >= 4 is 5.91 Å². The third-order valence-electron chi connectivity index (χ3n) is 3.50. The van der Waals surface area contributed by atoms with E-state index in [1.54, 1.807) is 0 Å². The number of amides is 1. The van der Waals surface area contributed by atoms with Gasteiger partial charge in [0.15, 0.2) is 0 Å². The van der Waals surface area contributed by atoms with E-state index >= 15 is 0 Å². The second-order valence-corrected chi connectivity index (χ2v) is 5.87. The fraction of sp³-hybridized carbons (Fsp3) is 0.857. The molecular weight excluding hydrogens is 226 g/mol. The smallest absolute Gasteiger partial charge is 0.236 e. The van der Waals surface area contributed by atoms with Crippen molar-refractivity contribution in [3.63, 3.8) is 0 Å². The molecule has 1 N–H and O–H groups in total. The van der Waals surface area contributed by atoms with Gasteiger partial charge in [-0.3, -0.25) is 4.79 Å². The maximum absolute atomic E-state index is 11.9. The van der Waals surface area contributed by atoms with Crippen molar-refractivity contribution < 1.29 is 4.79 Å². The van der Waals surface area contributed by atoms with Crippen molar-refractivity contribution in [1.82, 2.24) is 10.2 Å². The lowest BCUT2D eigenvalue weighted by atomic mass is 9.88. The number of rotatable bonds is 6. The number of hydrogen-bond donors (Lipinski definition) is 1. The molecule has 0 unspecified atom stereocenters. The van der Waals surface area contributed by atoms with Crippen LogP contribution in [0.3, 0.4) is 0 Å². The Labute approximate surface area is 110 Å². The van der Waals surface area contributed by atoms with E-state index in [9.17, 15) is 4.79 Å². The van der Waals surface area contributed by atoms with Gasteiger partial charge in [-0.1, -0.05) is 13.8 Å². The molecule has 0 aromatic rings. The molecule has 18 heavy (non-hydrogen) atoms. The lowest BCUT2D eigenvalue weighted by molar-refractivity contribution is -0.131. The van der Waals surface area contributed by atoms with Gasteiger partial charge in [0.1, 0.15) is 0 Å². The number of nitrogens with one attached hydrogen (secondary N) is 1. The zero-order valence-electron chi connectivity index (χ0n) is 11.7. The van der Waals surface area contributed by atoms with Gasteiger partial charge in [-0.25, -0.2) is 0 Å². The molecule has 1 rings (SSSR count). The molecule has 4 heteroatoms. The molecule has 0 bridgehead atoms. The molecule has 1 fully saturated rings. The summed E-state index contributed by atoms with van der Waals surface area (Å²) in [7, 11) is 0. The summed E-state index contributed by atoms with van der Waals surface area (Å²) in [6.45, 7) is 7.30. The van der Waals surface area contributed by atoms with E-state index in [1.165, 1.54) is 6.42 Å². The fourth-order valence-corrected chi connectivity index (χ4v) is 2.25. The largest absolute Gasteiger partial charge is 0.342 e. The first-order valence-electron chi connectivity index (χ1n) is 6.91. The van der Waals surface area contributed by atoms with Gasteiger partial charge in [0.05, 0.1) is 12.6 Å². The van der Waals surface area contributed by atoms with Crippen molar-refractivity contribution in [2.24, 2.45) is 5.41 Å². The fourth-order valence-electron chi connectivity index (χ4n) is 2.25. The normalized spacial score (nSPS) is 16.4. The van der Waals surface area contributed by atoms with Gasteiger partial charge < -0.3 is 10.2 Å². The van der Waals surface area contributed by atoms with E-state index in [2.05, 4.69) is 25.2 Å². The van der Waals surface area contributed by atoms with E-state index in [4.69, 9.17) is 5.26 Å². The van der Waals surface area contributed by atoms with Crippen LogP contribution in [0.15, 0.2) is 0 Å². The van der Waals surface area contributed by atoms with Crippen molar-refractivity contribution in [3.05, 3.63) is 0 Å². The molecule has 0 atom stereocenters. The molecule has 1 aliphatic heterocycles. The molecule has 1 amide bonds. The zero-order valence-corrected chi connectivity index (χ0v) is 11.7. The topological polar surface area (TPSA) is 56.1 Å². The Bertz CT molecular complexity index is 301. The average Bonchev–Trinajstić information content (AvgIpc) is 2.37. The van der Waals surface area contributed by atoms with E-state index in [1.807, 2.05) is 4.90 Å². The highest BCUT2D eigenvalue weighted by atomic mass is 16.2. The van der Waals surface area contributed by atoms with Gasteiger partial charge in [-0.15, -0.1) is 0 Å². The van der Waals surface area contributed by atoms with Gasteiger partial charge in [0.2, 0.25) is 5.91 Å². The van der Waals surface area contributed by atoms with E-state index < -0.39 is 0 Å². The Balaban J connectivity index is 2.20. The van der Waals surface area contributed by atoms with Gasteiger partial charge >= 0.3 is 0 Å². The molecule has 0 radical (unpaired) electrons. The molecule has 0 saturated carbocycles. The van der Waals surface area contributed by atoms with Crippen LogP contribution >= 0.6 is 0 Å². The van der Waals surface area contributed by atoms with Gasteiger partial charge in [0, 0.05) is 26.1 Å². The molecule has 1 heterocycles. The van der Waals surface area contributed by atoms with Gasteiger partial charge in [-0.05, 0) is 31.1 Å². The Hall–Kier alpha value is -1.08. The maximum Gasteiger partial charge on any atom is 0.236 e. The van der Waals surface area contributed by atoms with E-state index in [0.717, 1.165) is 38.9 Å². The summed E-state index contributed by atoms with van der Waals surface area (Å²) in [4.78, 5) is 13.9. The highest BCUT2D eigenvalue weighted by Gasteiger charge is 2.19. The summed E-state index contributed by atoms with van der Waals surface area (Å²) in [6.07, 6.45) is 4.97. The van der Waals surface area contributed by atoms with Crippen molar-refractivity contribution in [1.29, 1.82) is 5.26 Å². The first-order chi connectivity index (χ1) is 8.55. The van der Waals surface area contributed by atoms with Crippen LogP contribution in [0.5, 0.6) is 0 Å². The van der Waals surface area contributed by atoms with Crippen molar-refractivity contribution in [2.75, 3.05) is 26.2 Å². The van der Waals surface area contributed by atoms with Crippen molar-refractivity contribution in [2.45, 2.75) is 46.0 Å². The summed E-state index contributed by atoms with van der Waals surface area (Å²) < 4.78 is 0. The summed E-state index contributed by atoms with van der Waals surface area (Å²) >= 11 is 0. The standard InChI is InChI=1S/C14H25N3O/c1-14(2,7-6-8-15)12-16-11-13(18)17-9-4-3-5-10-17/h16H,3-7,9-12H2,1-2H3. The number of nitriles is 1. The number of nitrogens with zero attached hydrogens (tertiary/aromatic N) is 2. The minimum Gasteiger partial charge on any atom is -0.342 e. The van der Waals surface area contributed by atoms with Crippen LogP contribution in [0.2, 0.25) is 0 Å². The lowest BCUT2D eigenvalue weighted by Crippen LogP contribution is -2.43. The quantitative estimate of drug-likeness (QED) is 0.784. The van der Waals surface area contributed by atoms with Crippen LogP contribution in [0, 0.1) is 16.7 Å². The summed E-state index contributed by atoms with van der Waals surface area (Å²) in [5.41, 5.74) is 0.0813. The Morgan fingerprint density at radius 2 is 2.00 bits per heavy atom. The lowest BCUT2D eigenvalue weighted by Gasteiger charge is -2.28. The maximum atomic E-state index is 11.9. The van der Waals surface area contributed by atoms with Crippen LogP contribution in [-0.2, 0) is 4.79 Å².